The number of aliphatic hydroxyl groups excluding tert-OH is 6. The van der Waals surface area contributed by atoms with Gasteiger partial charge in [0.05, 0.1) is 46.7 Å². The zero-order valence-corrected chi connectivity index (χ0v) is 56.2. The van der Waals surface area contributed by atoms with Gasteiger partial charge in [0, 0.05) is 44.2 Å². The number of phenols is 3. The van der Waals surface area contributed by atoms with Crippen molar-refractivity contribution in [3.8, 4) is 57.1 Å². The van der Waals surface area contributed by atoms with Crippen LogP contribution in [0.25, 0.3) is 11.1 Å². The van der Waals surface area contributed by atoms with Crippen LogP contribution >= 0.6 is 23.2 Å². The lowest BCUT2D eigenvalue weighted by Crippen LogP contribution is -2.62. The molecule has 5 amide bonds. The number of ether oxygens (including phenoxy) is 6. The molecule has 29 nitrogen and oxygen atoms in total. The molecule has 5 aromatic rings. The van der Waals surface area contributed by atoms with Crippen molar-refractivity contribution >= 4 is 70.1 Å². The Bertz CT molecular complexity index is 4070. The molecule has 7 heterocycles. The van der Waals surface area contributed by atoms with Crippen LogP contribution in [0.1, 0.15) is 126 Å². The van der Waals surface area contributed by atoms with Crippen LogP contribution in [0.4, 0.5) is 0 Å². The molecule has 0 aliphatic carbocycles. The number of benzene rings is 5. The van der Waals surface area contributed by atoms with Crippen molar-refractivity contribution in [2.45, 2.75) is 164 Å². The number of nitrogens with one attached hydrogen (secondary N) is 5. The van der Waals surface area contributed by atoms with E-state index in [4.69, 9.17) is 58.7 Å². The third-order valence-electron chi connectivity index (χ3n) is 18.2. The number of hydrogen-bond acceptors (Lipinski definition) is 24. The van der Waals surface area contributed by atoms with Crippen LogP contribution in [0.15, 0.2) is 78.9 Å². The molecule has 5 aromatic carbocycles. The molecule has 12 rings (SSSR count). The molecule has 11 bridgehead atoms. The maximum absolute atomic E-state index is 16.2. The first-order valence-corrected chi connectivity index (χ1v) is 32.8. The monoisotopic (exact) mass is 1430 g/mol. The molecule has 100 heavy (non-hydrogen) atoms. The van der Waals surface area contributed by atoms with Gasteiger partial charge in [0.25, 0.3) is 0 Å². The minimum atomic E-state index is -2.17. The smallest absolute Gasteiger partial charge is 0.246 e. The van der Waals surface area contributed by atoms with Crippen LogP contribution in [-0.4, -0.2) is 174 Å². The molecule has 7 aliphatic heterocycles. The van der Waals surface area contributed by atoms with Crippen LogP contribution in [0, 0.1) is 17.7 Å². The van der Waals surface area contributed by atoms with Gasteiger partial charge in [-0.2, -0.15) is 0 Å². The van der Waals surface area contributed by atoms with Crippen LogP contribution in [0.2, 0.25) is 10.0 Å². The highest BCUT2D eigenvalue weighted by Crippen LogP contribution is 2.50. The van der Waals surface area contributed by atoms with Crippen molar-refractivity contribution in [2.75, 3.05) is 13.7 Å². The molecule has 2 saturated heterocycles. The third-order valence-corrected chi connectivity index (χ3v) is 18.8. The summed E-state index contributed by atoms with van der Waals surface area (Å²) in [5.74, 6) is -18.4. The number of halogens is 2. The highest BCUT2D eigenvalue weighted by Gasteiger charge is 2.50. The average Bonchev–Trinajstić information content (AvgIpc) is 0.770. The lowest BCUT2D eigenvalue weighted by Gasteiger charge is -2.44. The number of rotatable bonds is 13. The summed E-state index contributed by atoms with van der Waals surface area (Å²) in [6.45, 7) is 6.65. The summed E-state index contributed by atoms with van der Waals surface area (Å²) in [5.41, 5.74) is 4.00. The minimum absolute atomic E-state index is 0.0713. The Kier molecular flexibility index (Phi) is 22.3. The predicted octanol–water partition coefficient (Wildman–Crippen LogP) is 3.51. The quantitative estimate of drug-likeness (QED) is 0.0802. The Morgan fingerprint density at radius 1 is 0.730 bits per heavy atom. The standard InChI is InChI=1S/C69H78Cl2N6O23/c1-26(2)13-41(73-6)67(93)76-56-44(83)18-34(21-51(72)85)65(91)75-55-33-19-48(96-46-11-8-31(59(56)87)16-39(46)70)63(100-69-64(62(90)61(89)50(25-78)98-69)99-52-14-27(3)58(86)29(5)95-52)49(20-33)97-47-12-9-32(17-40(47)71)60(88)57-68(94)74-54(28(4)79)38-22-35(80)23-43(82)53(38)37-15-30(7-10-42(37)81)36(24-45(55)84)66(92)77-57/h7-12,15-17,19-20,22-23,26-27,29,34,36,41,50,52,54-62,64,69,73,78,80-82,86-90H,13-14,18,21,24-25H2,1-6H3,(H2,72,85)(H,74,94)(H,75,91)(H,76,93)(H,77,92)/i27T. The number of carbonyl (C=O) groups is 8. The van der Waals surface area contributed by atoms with E-state index in [9.17, 15) is 69.9 Å². The Balaban J connectivity index is 1.24. The average molecular weight is 1430 g/mol. The molecule has 18 atom stereocenters. The van der Waals surface area contributed by atoms with Gasteiger partial charge in [-0.25, -0.2) is 0 Å². The Morgan fingerprint density at radius 3 is 1.96 bits per heavy atom. The number of fused-ring (bicyclic) bond motifs is 15. The van der Waals surface area contributed by atoms with Gasteiger partial charge >= 0.3 is 0 Å². The summed E-state index contributed by atoms with van der Waals surface area (Å²) in [7, 11) is 1.50. The molecular formula is C69H78Cl2N6O23. The number of aromatic hydroxyl groups is 3. The molecular weight excluding hydrogens is 1350 g/mol. The summed E-state index contributed by atoms with van der Waals surface area (Å²) in [4.78, 5) is 118. The first-order valence-electron chi connectivity index (χ1n) is 32.6. The van der Waals surface area contributed by atoms with E-state index in [0.717, 1.165) is 43.3 Å². The zero-order chi connectivity index (χ0) is 73.5. The van der Waals surface area contributed by atoms with Crippen molar-refractivity contribution in [2.24, 2.45) is 23.5 Å². The maximum atomic E-state index is 16.2. The molecule has 0 spiro atoms. The lowest BCUT2D eigenvalue weighted by atomic mass is 9.84. The van der Waals surface area contributed by atoms with Gasteiger partial charge in [-0.1, -0.05) is 62.2 Å². The van der Waals surface area contributed by atoms with Crippen molar-refractivity contribution < 1.29 is 114 Å². The van der Waals surface area contributed by atoms with Gasteiger partial charge in [-0.3, -0.25) is 38.4 Å². The SMILES string of the molecule is [3H]C1(C)CC(OC2C(Oc3c4cc5cc3Oc3ccc(cc3Cl)C(O)C3NC(=O)C(CC(=O)C5NC(=O)C(CC(N)=O)CC(=O)C(NC(=O)C(CC(C)C)NC)C(O)c5ccc(c(Cl)c5)O4)c4ccc(O)c(c4)-c4c(O)cc(O)cc4C(C(C)=O)NC3=O)OC(CO)C(O)C2O)OC(C)C1O. The van der Waals surface area contributed by atoms with E-state index >= 15 is 14.4 Å². The molecule has 31 heteroatoms. The highest BCUT2D eigenvalue weighted by molar-refractivity contribution is 6.32. The number of phenolic OH excluding ortho intramolecular Hbond substituents is 3. The van der Waals surface area contributed by atoms with Crippen molar-refractivity contribution in [3.63, 3.8) is 0 Å². The first-order chi connectivity index (χ1) is 47.7. The van der Waals surface area contributed by atoms with E-state index in [1.807, 2.05) is 13.8 Å². The van der Waals surface area contributed by atoms with Crippen LogP contribution in [-0.2, 0) is 52.6 Å². The molecule has 7 aliphatic rings. The molecule has 536 valence electrons. The number of aliphatic hydroxyl groups is 6. The molecule has 0 radical (unpaired) electrons. The molecule has 2 fully saturated rings. The fourth-order valence-electron chi connectivity index (χ4n) is 12.9. The number of carbonyl (C=O) groups excluding carboxylic acids is 8. The second-order valence-corrected chi connectivity index (χ2v) is 26.7. The van der Waals surface area contributed by atoms with Crippen molar-refractivity contribution in [3.05, 3.63) is 117 Å². The lowest BCUT2D eigenvalue weighted by molar-refractivity contribution is -0.332. The van der Waals surface area contributed by atoms with Gasteiger partial charge in [0.1, 0.15) is 83.4 Å². The Labute approximate surface area is 583 Å². The molecule has 0 aromatic heterocycles. The topological polar surface area (TPSA) is 460 Å². The van der Waals surface area contributed by atoms with Gasteiger partial charge in [0.2, 0.25) is 41.6 Å². The van der Waals surface area contributed by atoms with Gasteiger partial charge < -0.3 is 107 Å². The van der Waals surface area contributed by atoms with E-state index in [2.05, 4.69) is 26.6 Å². The minimum Gasteiger partial charge on any atom is -0.508 e. The molecule has 16 N–H and O–H groups in total. The number of amides is 5. The number of nitrogens with two attached hydrogens (primary N) is 1. The van der Waals surface area contributed by atoms with E-state index in [1.165, 1.54) is 63.4 Å². The fourth-order valence-corrected chi connectivity index (χ4v) is 13.4. The summed E-state index contributed by atoms with van der Waals surface area (Å²) in [5, 5.41) is 116. The zero-order valence-electron chi connectivity index (χ0n) is 55.7. The second-order valence-electron chi connectivity index (χ2n) is 25.9. The predicted molar refractivity (Wildman–Crippen MR) is 352 cm³/mol. The summed E-state index contributed by atoms with van der Waals surface area (Å²) in [6.07, 6.45) is -20.4. The highest BCUT2D eigenvalue weighted by atomic mass is 35.5. The maximum Gasteiger partial charge on any atom is 0.246 e. The largest absolute Gasteiger partial charge is 0.508 e. The number of Topliss-reactive ketones (excluding diaryl/α,β-unsaturated/α-hetero) is 3. The van der Waals surface area contributed by atoms with E-state index in [1.54, 1.807) is 0 Å². The molecule has 0 saturated carbocycles. The summed E-state index contributed by atoms with van der Waals surface area (Å²) < 4.78 is 47.3. The number of primary amides is 1. The van der Waals surface area contributed by atoms with E-state index in [-0.39, 0.29) is 79.2 Å². The first kappa shape index (κ1) is 72.7. The molecule has 18 unspecified atom stereocenters. The van der Waals surface area contributed by atoms with Crippen molar-refractivity contribution in [1.29, 1.82) is 0 Å². The summed E-state index contributed by atoms with van der Waals surface area (Å²) >= 11 is 14.2. The van der Waals surface area contributed by atoms with Gasteiger partial charge in [0.15, 0.2) is 41.2 Å². The third kappa shape index (κ3) is 15.8. The van der Waals surface area contributed by atoms with Crippen LogP contribution < -0.4 is 46.5 Å². The number of hydrogen-bond donors (Lipinski definition) is 15. The fraction of sp³-hybridized carbons (Fsp3) is 0.449. The van der Waals surface area contributed by atoms with E-state index < -0.39 is 217 Å². The van der Waals surface area contributed by atoms with Gasteiger partial charge in [-0.05, 0) is 122 Å². The van der Waals surface area contributed by atoms with E-state index in [0.29, 0.717) is 0 Å². The number of likely N-dealkylation sites (N-methyl/N-ethyl adjacent to an activating group) is 1. The second kappa shape index (κ2) is 30.7. The Morgan fingerprint density at radius 2 is 1.37 bits per heavy atom. The van der Waals surface area contributed by atoms with Gasteiger partial charge in [-0.15, -0.1) is 0 Å². The normalized spacial score (nSPS) is 29.9. The van der Waals surface area contributed by atoms with Crippen molar-refractivity contribution in [1.82, 2.24) is 26.6 Å². The van der Waals surface area contributed by atoms with Crippen LogP contribution in [0.3, 0.4) is 0 Å². The summed E-state index contributed by atoms with van der Waals surface area (Å²) in [6, 6.07) is 5.75. The number of ketones is 3. The van der Waals surface area contributed by atoms with Crippen LogP contribution in [0.5, 0.6) is 46.0 Å². The Hall–Kier alpha value is -8.56.